The van der Waals surface area contributed by atoms with E-state index in [-0.39, 0.29) is 6.54 Å². The number of piperidine rings is 2. The van der Waals surface area contributed by atoms with Gasteiger partial charge in [-0.25, -0.2) is 8.78 Å². The fourth-order valence-electron chi connectivity index (χ4n) is 2.83. The minimum atomic E-state index is -2.50. The summed E-state index contributed by atoms with van der Waals surface area (Å²) in [4.78, 5) is 3.97. The zero-order valence-corrected chi connectivity index (χ0v) is 10.1. The molecule has 0 N–H and O–H groups in total. The number of alkyl halides is 2. The van der Waals surface area contributed by atoms with Crippen LogP contribution in [0.3, 0.4) is 0 Å². The first kappa shape index (κ1) is 12.2. The van der Waals surface area contributed by atoms with Gasteiger partial charge in [0.15, 0.2) is 0 Å². The second-order valence-electron chi connectivity index (χ2n) is 5.35. The maximum atomic E-state index is 13.8. The van der Waals surface area contributed by atoms with E-state index in [0.29, 0.717) is 13.0 Å². The summed E-state index contributed by atoms with van der Waals surface area (Å²) < 4.78 is 27.6. The van der Waals surface area contributed by atoms with Crippen LogP contribution >= 0.6 is 0 Å². The molecule has 2 rings (SSSR count). The average Bonchev–Trinajstić information content (AvgIpc) is 2.23. The third-order valence-corrected chi connectivity index (χ3v) is 3.86. The molecule has 0 saturated carbocycles. The molecule has 2 heterocycles. The molecule has 0 aromatic carbocycles. The predicted molar refractivity (Wildman–Crippen MR) is 60.8 cm³/mol. The Morgan fingerprint density at radius 1 is 1.12 bits per heavy atom. The van der Waals surface area contributed by atoms with E-state index in [2.05, 4.69) is 4.90 Å². The van der Waals surface area contributed by atoms with Crippen LogP contribution < -0.4 is 0 Å². The van der Waals surface area contributed by atoms with Crippen molar-refractivity contribution in [1.29, 1.82) is 0 Å². The highest BCUT2D eigenvalue weighted by Crippen LogP contribution is 2.33. The standard InChI is InChI=1S/C12H22F2N2/c1-15-8-5-11(12(13,14)10-15)9-16-6-3-2-4-7-16/h11H,2-10H2,1H3/t11-/m0/s1. The summed E-state index contributed by atoms with van der Waals surface area (Å²) in [6, 6.07) is 0. The van der Waals surface area contributed by atoms with Crippen LogP contribution in [0.2, 0.25) is 0 Å². The van der Waals surface area contributed by atoms with E-state index in [9.17, 15) is 8.78 Å². The third kappa shape index (κ3) is 2.92. The summed E-state index contributed by atoms with van der Waals surface area (Å²) in [5.41, 5.74) is 0. The summed E-state index contributed by atoms with van der Waals surface area (Å²) in [6.45, 7) is 3.38. The molecule has 0 aromatic rings. The molecule has 0 unspecified atom stereocenters. The molecule has 0 bridgehead atoms. The monoisotopic (exact) mass is 232 g/mol. The van der Waals surface area contributed by atoms with Crippen molar-refractivity contribution in [3.05, 3.63) is 0 Å². The van der Waals surface area contributed by atoms with Crippen LogP contribution in [0.25, 0.3) is 0 Å². The highest BCUT2D eigenvalue weighted by molar-refractivity contribution is 4.87. The fraction of sp³-hybridized carbons (Fsp3) is 1.00. The highest BCUT2D eigenvalue weighted by atomic mass is 19.3. The minimum Gasteiger partial charge on any atom is -0.303 e. The van der Waals surface area contributed by atoms with Gasteiger partial charge in [0.25, 0.3) is 5.92 Å². The van der Waals surface area contributed by atoms with Crippen molar-refractivity contribution >= 4 is 0 Å². The molecule has 16 heavy (non-hydrogen) atoms. The normalized spacial score (nSPS) is 32.8. The van der Waals surface area contributed by atoms with Gasteiger partial charge >= 0.3 is 0 Å². The van der Waals surface area contributed by atoms with E-state index in [1.54, 1.807) is 11.9 Å². The first-order valence-corrected chi connectivity index (χ1v) is 6.37. The van der Waals surface area contributed by atoms with Crippen LogP contribution in [0.4, 0.5) is 8.78 Å². The Bertz CT molecular complexity index is 227. The SMILES string of the molecule is CN1CC[C@@H](CN2CCCCC2)C(F)(F)C1. The Labute approximate surface area is 96.6 Å². The summed E-state index contributed by atoms with van der Waals surface area (Å²) >= 11 is 0. The molecule has 0 spiro atoms. The van der Waals surface area contributed by atoms with Gasteiger partial charge < -0.3 is 9.80 Å². The first-order chi connectivity index (χ1) is 7.58. The molecule has 0 amide bonds. The summed E-state index contributed by atoms with van der Waals surface area (Å²) in [5, 5.41) is 0. The molecular weight excluding hydrogens is 210 g/mol. The number of likely N-dealkylation sites (tertiary alicyclic amines) is 2. The molecule has 2 fully saturated rings. The van der Waals surface area contributed by atoms with Crippen molar-refractivity contribution in [3.8, 4) is 0 Å². The Morgan fingerprint density at radius 2 is 1.81 bits per heavy atom. The lowest BCUT2D eigenvalue weighted by Gasteiger charge is -2.39. The van der Waals surface area contributed by atoms with Crippen molar-refractivity contribution in [2.45, 2.75) is 31.6 Å². The van der Waals surface area contributed by atoms with Gasteiger partial charge in [-0.2, -0.15) is 0 Å². The number of halogens is 2. The topological polar surface area (TPSA) is 6.48 Å². The Kier molecular flexibility index (Phi) is 3.80. The van der Waals surface area contributed by atoms with Gasteiger partial charge in [-0.15, -0.1) is 0 Å². The van der Waals surface area contributed by atoms with Gasteiger partial charge in [0.2, 0.25) is 0 Å². The predicted octanol–water partition coefficient (Wildman–Crippen LogP) is 2.06. The molecule has 0 aromatic heterocycles. The number of rotatable bonds is 2. The van der Waals surface area contributed by atoms with E-state index < -0.39 is 11.8 Å². The van der Waals surface area contributed by atoms with Crippen LogP contribution in [0, 0.1) is 5.92 Å². The zero-order valence-electron chi connectivity index (χ0n) is 10.1. The van der Waals surface area contributed by atoms with Gasteiger partial charge in [0.05, 0.1) is 6.54 Å². The molecule has 4 heteroatoms. The zero-order chi connectivity index (χ0) is 11.6. The third-order valence-electron chi connectivity index (χ3n) is 3.86. The Morgan fingerprint density at radius 3 is 2.44 bits per heavy atom. The van der Waals surface area contributed by atoms with E-state index >= 15 is 0 Å². The van der Waals surface area contributed by atoms with Crippen molar-refractivity contribution in [2.24, 2.45) is 5.92 Å². The summed E-state index contributed by atoms with van der Waals surface area (Å²) in [7, 11) is 1.78. The van der Waals surface area contributed by atoms with Gasteiger partial charge in [-0.1, -0.05) is 6.42 Å². The van der Waals surface area contributed by atoms with E-state index in [4.69, 9.17) is 0 Å². The Hall–Kier alpha value is -0.220. The van der Waals surface area contributed by atoms with E-state index in [1.807, 2.05) is 0 Å². The van der Waals surface area contributed by atoms with Gasteiger partial charge in [-0.05, 0) is 45.9 Å². The van der Waals surface area contributed by atoms with Crippen molar-refractivity contribution in [2.75, 3.05) is 39.8 Å². The average molecular weight is 232 g/mol. The summed E-state index contributed by atoms with van der Waals surface area (Å²) in [5.74, 6) is -2.92. The van der Waals surface area contributed by atoms with E-state index in [1.165, 1.54) is 19.3 Å². The van der Waals surface area contributed by atoms with Gasteiger partial charge in [-0.3, -0.25) is 0 Å². The molecule has 94 valence electrons. The Balaban J connectivity index is 1.87. The van der Waals surface area contributed by atoms with Crippen molar-refractivity contribution in [1.82, 2.24) is 9.80 Å². The van der Waals surface area contributed by atoms with Gasteiger partial charge in [0.1, 0.15) is 0 Å². The number of nitrogens with zero attached hydrogens (tertiary/aromatic N) is 2. The first-order valence-electron chi connectivity index (χ1n) is 6.37. The van der Waals surface area contributed by atoms with Crippen LogP contribution in [-0.4, -0.2) is 55.5 Å². The fourth-order valence-corrected chi connectivity index (χ4v) is 2.83. The molecule has 2 aliphatic heterocycles. The van der Waals surface area contributed by atoms with Crippen LogP contribution in [0.1, 0.15) is 25.7 Å². The lowest BCUT2D eigenvalue weighted by atomic mass is 9.92. The largest absolute Gasteiger partial charge is 0.303 e. The van der Waals surface area contributed by atoms with E-state index in [0.717, 1.165) is 19.6 Å². The lowest BCUT2D eigenvalue weighted by Crippen LogP contribution is -2.51. The van der Waals surface area contributed by atoms with Crippen LogP contribution in [0.5, 0.6) is 0 Å². The van der Waals surface area contributed by atoms with Crippen molar-refractivity contribution < 1.29 is 8.78 Å². The van der Waals surface area contributed by atoms with Crippen LogP contribution in [-0.2, 0) is 0 Å². The second-order valence-corrected chi connectivity index (χ2v) is 5.35. The molecule has 0 aliphatic carbocycles. The minimum absolute atomic E-state index is 0.0640. The maximum Gasteiger partial charge on any atom is 0.264 e. The summed E-state index contributed by atoms with van der Waals surface area (Å²) in [6.07, 6.45) is 4.26. The molecule has 2 aliphatic rings. The van der Waals surface area contributed by atoms with Crippen molar-refractivity contribution in [3.63, 3.8) is 0 Å². The molecule has 2 nitrogen and oxygen atoms in total. The quantitative estimate of drug-likeness (QED) is 0.719. The van der Waals surface area contributed by atoms with Gasteiger partial charge in [0, 0.05) is 12.5 Å². The number of hydrogen-bond donors (Lipinski definition) is 0. The van der Waals surface area contributed by atoms with Crippen LogP contribution in [0.15, 0.2) is 0 Å². The molecule has 2 saturated heterocycles. The number of hydrogen-bond acceptors (Lipinski definition) is 2. The smallest absolute Gasteiger partial charge is 0.264 e. The maximum absolute atomic E-state index is 13.8. The second kappa shape index (κ2) is 4.96. The molecule has 0 radical (unpaired) electrons. The molecular formula is C12H22F2N2. The highest BCUT2D eigenvalue weighted by Gasteiger charge is 2.43. The molecule has 1 atom stereocenters. The lowest BCUT2D eigenvalue weighted by molar-refractivity contribution is -0.114.